The van der Waals surface area contributed by atoms with E-state index in [1.54, 1.807) is 109 Å². The number of phosphoric acid groups is 1. The van der Waals surface area contributed by atoms with Crippen LogP contribution in [0.5, 0.6) is 28.7 Å². The summed E-state index contributed by atoms with van der Waals surface area (Å²) in [6.45, 7) is 2.05. The van der Waals surface area contributed by atoms with Crippen molar-refractivity contribution in [3.8, 4) is 39.9 Å². The number of hydrogen-bond acceptors (Lipinski definition) is 7. The number of aryl methyl sites for hydroxylation is 1. The van der Waals surface area contributed by atoms with Crippen LogP contribution in [0.25, 0.3) is 11.1 Å². The van der Waals surface area contributed by atoms with Gasteiger partial charge in [-0.15, -0.1) is 0 Å². The van der Waals surface area contributed by atoms with E-state index in [1.807, 2.05) is 36.4 Å². The molecular formula is C37H31O7P2+. The van der Waals surface area contributed by atoms with Crippen molar-refractivity contribution in [1.29, 1.82) is 0 Å². The predicted molar refractivity (Wildman–Crippen MR) is 181 cm³/mol. The molecule has 0 atom stereocenters. The summed E-state index contributed by atoms with van der Waals surface area (Å²) >= 11 is 0. The molecule has 46 heavy (non-hydrogen) atoms. The average Bonchev–Trinajstić information content (AvgIpc) is 3.07. The van der Waals surface area contributed by atoms with Gasteiger partial charge in [0.25, 0.3) is 0 Å². The van der Waals surface area contributed by atoms with Crippen LogP contribution in [0.4, 0.5) is 0 Å². The zero-order chi connectivity index (χ0) is 32.0. The molecule has 0 aliphatic carbocycles. The monoisotopic (exact) mass is 649 g/mol. The summed E-state index contributed by atoms with van der Waals surface area (Å²) in [5, 5.41) is 0. The van der Waals surface area contributed by atoms with Gasteiger partial charge in [0.2, 0.25) is 0 Å². The molecule has 0 amide bonds. The van der Waals surface area contributed by atoms with Crippen molar-refractivity contribution in [3.05, 3.63) is 175 Å². The lowest BCUT2D eigenvalue weighted by Gasteiger charge is -2.19. The Morgan fingerprint density at radius 1 is 0.413 bits per heavy atom. The molecule has 0 bridgehead atoms. The molecule has 0 fully saturated rings. The van der Waals surface area contributed by atoms with E-state index >= 15 is 0 Å². The Balaban J connectivity index is 0.000000219. The van der Waals surface area contributed by atoms with Gasteiger partial charge in [-0.1, -0.05) is 115 Å². The van der Waals surface area contributed by atoms with E-state index in [0.717, 1.165) is 11.1 Å². The van der Waals surface area contributed by atoms with E-state index in [2.05, 4.69) is 31.2 Å². The first-order chi connectivity index (χ1) is 22.4. The SMILES string of the molecule is Cc1ccc(-c2ccc(OP(=O)(Oc3ccccc3)Oc3ccccc3)cc2)cc1.O=[P+](Oc1ccccc1)Oc1ccccc1. The molecule has 0 radical (unpaired) electrons. The normalized spacial score (nSPS) is 10.5. The number of phosphoric ester groups is 1. The predicted octanol–water partition coefficient (Wildman–Crippen LogP) is 11.1. The zero-order valence-electron chi connectivity index (χ0n) is 24.9. The number of para-hydroxylation sites is 4. The Labute approximate surface area is 269 Å². The fourth-order valence-corrected chi connectivity index (χ4v) is 5.89. The van der Waals surface area contributed by atoms with Gasteiger partial charge in [-0.2, -0.15) is 4.57 Å². The first-order valence-corrected chi connectivity index (χ1v) is 16.9. The zero-order valence-corrected chi connectivity index (χ0v) is 26.7. The standard InChI is InChI=1S/C25H21O4P.C12H10O3P/c1-20-12-14-21(15-13-20)22-16-18-25(19-17-22)29-30(26,27-23-8-4-2-5-9-23)28-24-10-6-3-7-11-24;13-16(14-11-7-3-1-4-8-11)15-12-9-5-2-6-10-12/h2-19H,1H3;1-10H/q;+1. The maximum Gasteiger partial charge on any atom is 0.805 e. The molecule has 6 aromatic carbocycles. The third-order valence-electron chi connectivity index (χ3n) is 6.22. The largest absolute Gasteiger partial charge is 0.805 e. The molecule has 0 aliphatic heterocycles. The highest BCUT2D eigenvalue weighted by Gasteiger charge is 2.33. The Kier molecular flexibility index (Phi) is 11.2. The van der Waals surface area contributed by atoms with Gasteiger partial charge in [0, 0.05) is 4.57 Å². The molecule has 6 aromatic rings. The van der Waals surface area contributed by atoms with Crippen molar-refractivity contribution in [2.75, 3.05) is 0 Å². The minimum atomic E-state index is -3.98. The highest BCUT2D eigenvalue weighted by Crippen LogP contribution is 2.49. The van der Waals surface area contributed by atoms with Crippen LogP contribution < -0.4 is 22.6 Å². The van der Waals surface area contributed by atoms with Crippen molar-refractivity contribution >= 4 is 16.1 Å². The molecule has 7 nitrogen and oxygen atoms in total. The van der Waals surface area contributed by atoms with Gasteiger partial charge < -0.3 is 13.6 Å². The molecule has 0 spiro atoms. The van der Waals surface area contributed by atoms with Crippen LogP contribution in [-0.4, -0.2) is 0 Å². The summed E-state index contributed by atoms with van der Waals surface area (Å²) in [4.78, 5) is 0. The minimum Gasteiger partial charge on any atom is -0.386 e. The quantitative estimate of drug-likeness (QED) is 0.129. The van der Waals surface area contributed by atoms with Crippen molar-refractivity contribution in [2.24, 2.45) is 0 Å². The van der Waals surface area contributed by atoms with Gasteiger partial charge in [0.05, 0.1) is 0 Å². The van der Waals surface area contributed by atoms with E-state index in [1.165, 1.54) is 5.56 Å². The topological polar surface area (TPSA) is 80.3 Å². The maximum atomic E-state index is 13.4. The minimum absolute atomic E-state index is 0.390. The molecule has 0 aliphatic rings. The lowest BCUT2D eigenvalue weighted by molar-refractivity contribution is 0.298. The summed E-state index contributed by atoms with van der Waals surface area (Å²) < 4.78 is 52.2. The second kappa shape index (κ2) is 16.1. The molecule has 9 heteroatoms. The van der Waals surface area contributed by atoms with Crippen LogP contribution in [-0.2, 0) is 9.13 Å². The Hall–Kier alpha value is -5.35. The molecule has 0 aromatic heterocycles. The summed E-state index contributed by atoms with van der Waals surface area (Å²) in [6.07, 6.45) is 0. The van der Waals surface area contributed by atoms with E-state index in [0.29, 0.717) is 28.7 Å². The van der Waals surface area contributed by atoms with Crippen molar-refractivity contribution in [1.82, 2.24) is 0 Å². The molecule has 0 unspecified atom stereocenters. The van der Waals surface area contributed by atoms with Crippen LogP contribution in [0, 0.1) is 6.92 Å². The lowest BCUT2D eigenvalue weighted by Crippen LogP contribution is -2.07. The third-order valence-corrected chi connectivity index (χ3v) is 8.25. The number of hydrogen-bond donors (Lipinski definition) is 0. The fourth-order valence-electron chi connectivity index (χ4n) is 4.01. The molecule has 0 heterocycles. The van der Waals surface area contributed by atoms with Crippen LogP contribution in [0.15, 0.2) is 170 Å². The second-order valence-electron chi connectivity index (χ2n) is 9.77. The molecule has 230 valence electrons. The Bertz CT molecular complexity index is 1750. The van der Waals surface area contributed by atoms with Crippen molar-refractivity contribution in [3.63, 3.8) is 0 Å². The average molecular weight is 650 g/mol. The van der Waals surface area contributed by atoms with Gasteiger partial charge in [0.15, 0.2) is 11.5 Å². The fraction of sp³-hybridized carbons (Fsp3) is 0.0270. The molecule has 0 saturated heterocycles. The Morgan fingerprint density at radius 3 is 1.09 bits per heavy atom. The molecule has 6 rings (SSSR count). The van der Waals surface area contributed by atoms with E-state index in [4.69, 9.17) is 22.6 Å². The highest BCUT2D eigenvalue weighted by molar-refractivity contribution is 7.49. The molecule has 0 saturated carbocycles. The number of benzene rings is 6. The first-order valence-electron chi connectivity index (χ1n) is 14.3. The van der Waals surface area contributed by atoms with Gasteiger partial charge >= 0.3 is 16.1 Å². The maximum absolute atomic E-state index is 13.4. The highest BCUT2D eigenvalue weighted by atomic mass is 31.2. The second-order valence-corrected chi connectivity index (χ2v) is 12.0. The van der Waals surface area contributed by atoms with Gasteiger partial charge in [-0.3, -0.25) is 0 Å². The summed E-state index contributed by atoms with van der Waals surface area (Å²) in [5.41, 5.74) is 3.33. The Morgan fingerprint density at radius 2 is 0.717 bits per heavy atom. The van der Waals surface area contributed by atoms with Crippen molar-refractivity contribution in [2.45, 2.75) is 6.92 Å². The van der Waals surface area contributed by atoms with Gasteiger partial charge in [-0.25, -0.2) is 9.05 Å². The lowest BCUT2D eigenvalue weighted by atomic mass is 10.0. The van der Waals surface area contributed by atoms with Crippen LogP contribution in [0.2, 0.25) is 0 Å². The summed E-state index contributed by atoms with van der Waals surface area (Å²) in [6, 6.07) is 51.1. The van der Waals surface area contributed by atoms with Crippen molar-refractivity contribution < 1.29 is 31.7 Å². The smallest absolute Gasteiger partial charge is 0.386 e. The van der Waals surface area contributed by atoms with Crippen LogP contribution in [0.3, 0.4) is 0 Å². The van der Waals surface area contributed by atoms with E-state index < -0.39 is 16.1 Å². The summed E-state index contributed by atoms with van der Waals surface area (Å²) in [7, 11) is -6.16. The summed E-state index contributed by atoms with van der Waals surface area (Å²) in [5.74, 6) is 2.24. The van der Waals surface area contributed by atoms with E-state index in [-0.39, 0.29) is 0 Å². The third kappa shape index (κ3) is 10.1. The van der Waals surface area contributed by atoms with Crippen LogP contribution in [0.1, 0.15) is 5.56 Å². The van der Waals surface area contributed by atoms with Crippen LogP contribution >= 0.6 is 16.1 Å². The first kappa shape index (κ1) is 32.1. The van der Waals surface area contributed by atoms with E-state index in [9.17, 15) is 9.13 Å². The van der Waals surface area contributed by atoms with Gasteiger partial charge in [-0.05, 0) is 78.7 Å². The molecular weight excluding hydrogens is 618 g/mol. The number of rotatable bonds is 11. The van der Waals surface area contributed by atoms with Gasteiger partial charge in [0.1, 0.15) is 17.2 Å². The molecule has 0 N–H and O–H groups in total.